The van der Waals surface area contributed by atoms with Gasteiger partial charge in [-0.1, -0.05) is 11.6 Å². The Morgan fingerprint density at radius 3 is 2.43 bits per heavy atom. The number of carbonyl (C=O) groups is 2. The van der Waals surface area contributed by atoms with Crippen molar-refractivity contribution in [3.63, 3.8) is 0 Å². The number of carbonyl (C=O) groups excluding carboxylic acids is 2. The van der Waals surface area contributed by atoms with Crippen LogP contribution in [0.2, 0.25) is 5.02 Å². The number of aromatic nitrogens is 1. The minimum Gasteiger partial charge on any atom is -0.508 e. The number of nitrogens with zero attached hydrogens (tertiary/aromatic N) is 1. The lowest BCUT2D eigenvalue weighted by Crippen LogP contribution is -2.57. The van der Waals surface area contributed by atoms with E-state index in [1.54, 1.807) is 52.0 Å². The molecule has 7 heteroatoms. The lowest BCUT2D eigenvalue weighted by Gasteiger charge is -2.37. The Balaban J connectivity index is 2.09. The van der Waals surface area contributed by atoms with Crippen LogP contribution in [0, 0.1) is 0 Å². The van der Waals surface area contributed by atoms with Crippen molar-refractivity contribution >= 4 is 23.3 Å². The lowest BCUT2D eigenvalue weighted by molar-refractivity contribution is -0.117. The number of benzene rings is 1. The third-order valence-corrected chi connectivity index (χ3v) is 5.08. The Labute approximate surface area is 169 Å². The lowest BCUT2D eigenvalue weighted by atomic mass is 9.86. The van der Waals surface area contributed by atoms with E-state index in [-0.39, 0.29) is 30.1 Å². The molecule has 1 aromatic heterocycles. The molecular formula is C21H25ClN2O4. The summed E-state index contributed by atoms with van der Waals surface area (Å²) in [6.45, 7) is 6.66. The average Bonchev–Trinajstić information content (AvgIpc) is 2.57. The average molecular weight is 405 g/mol. The molecule has 0 saturated heterocycles. The number of hydrogen-bond donors (Lipinski definition) is 3. The molecule has 6 nitrogen and oxygen atoms in total. The molecule has 150 valence electrons. The number of hydrogen-bond acceptors (Lipinski definition) is 5. The third kappa shape index (κ3) is 5.53. The summed E-state index contributed by atoms with van der Waals surface area (Å²) in [5.41, 5.74) is -0.755. The first-order chi connectivity index (χ1) is 12.9. The fourth-order valence-electron chi connectivity index (χ4n) is 2.41. The van der Waals surface area contributed by atoms with Gasteiger partial charge in [-0.15, -0.1) is 0 Å². The molecule has 0 atom stereocenters. The molecule has 0 aliphatic carbocycles. The Hall–Kier alpha value is -2.44. The van der Waals surface area contributed by atoms with Crippen LogP contribution >= 0.6 is 11.6 Å². The molecule has 0 aliphatic rings. The van der Waals surface area contributed by atoms with Crippen molar-refractivity contribution in [2.45, 2.75) is 51.7 Å². The van der Waals surface area contributed by atoms with E-state index in [2.05, 4.69) is 10.3 Å². The first-order valence-electron chi connectivity index (χ1n) is 8.88. The fourth-order valence-corrected chi connectivity index (χ4v) is 2.60. The first kappa shape index (κ1) is 21.9. The zero-order chi connectivity index (χ0) is 21.1. The minimum absolute atomic E-state index is 0.0152. The summed E-state index contributed by atoms with van der Waals surface area (Å²) in [5, 5.41) is 23.2. The summed E-state index contributed by atoms with van der Waals surface area (Å²) >= 11 is 5.91. The number of pyridine rings is 1. The number of rotatable bonds is 7. The van der Waals surface area contributed by atoms with E-state index in [0.717, 1.165) is 0 Å². The van der Waals surface area contributed by atoms with Gasteiger partial charge in [0.2, 0.25) is 0 Å². The van der Waals surface area contributed by atoms with E-state index < -0.39 is 17.0 Å². The number of amides is 1. The largest absolute Gasteiger partial charge is 0.508 e. The molecule has 0 radical (unpaired) electrons. The molecule has 1 amide bonds. The van der Waals surface area contributed by atoms with Crippen LogP contribution in [-0.2, 0) is 17.6 Å². The minimum atomic E-state index is -1.13. The second-order valence-electron chi connectivity index (χ2n) is 7.85. The molecular weight excluding hydrogens is 380 g/mol. The molecule has 3 N–H and O–H groups in total. The molecule has 2 rings (SSSR count). The molecule has 0 aliphatic heterocycles. The van der Waals surface area contributed by atoms with E-state index >= 15 is 0 Å². The molecule has 28 heavy (non-hydrogen) atoms. The van der Waals surface area contributed by atoms with E-state index in [4.69, 9.17) is 11.6 Å². The molecule has 1 aromatic carbocycles. The van der Waals surface area contributed by atoms with E-state index in [9.17, 15) is 19.8 Å². The van der Waals surface area contributed by atoms with Crippen LogP contribution < -0.4 is 5.32 Å². The van der Waals surface area contributed by atoms with Gasteiger partial charge < -0.3 is 15.5 Å². The standard InChI is InChI=1S/C21H25ClN2O4/c1-20(2,21(3,4)28)24-19(27)17-10-13(7-8-23-17)9-16(25)12-14-11-15(22)5-6-18(14)26/h5-8,10-11,26,28H,9,12H2,1-4H3,(H,24,27). The number of phenolic OH excluding ortho intramolecular Hbond substituents is 1. The van der Waals surface area contributed by atoms with E-state index in [0.29, 0.717) is 16.1 Å². The van der Waals surface area contributed by atoms with Crippen LogP contribution in [0.3, 0.4) is 0 Å². The topological polar surface area (TPSA) is 99.5 Å². The molecule has 0 saturated carbocycles. The maximum absolute atomic E-state index is 12.5. The Morgan fingerprint density at radius 1 is 1.11 bits per heavy atom. The summed E-state index contributed by atoms with van der Waals surface area (Å²) in [5.74, 6) is -0.553. The van der Waals surface area contributed by atoms with Crippen molar-refractivity contribution in [2.24, 2.45) is 0 Å². The van der Waals surface area contributed by atoms with Gasteiger partial charge in [-0.05, 0) is 63.6 Å². The third-order valence-electron chi connectivity index (χ3n) is 4.84. The Bertz CT molecular complexity index is 888. The van der Waals surface area contributed by atoms with Gasteiger partial charge in [0.1, 0.15) is 17.2 Å². The van der Waals surface area contributed by atoms with Crippen LogP contribution in [0.25, 0.3) is 0 Å². The molecule has 2 aromatic rings. The number of aromatic hydroxyl groups is 1. The number of halogens is 1. The molecule has 0 fully saturated rings. The molecule has 1 heterocycles. The normalized spacial score (nSPS) is 11.9. The monoisotopic (exact) mass is 404 g/mol. The Morgan fingerprint density at radius 2 is 1.79 bits per heavy atom. The number of aliphatic hydroxyl groups is 1. The van der Waals surface area contributed by atoms with Gasteiger partial charge >= 0.3 is 0 Å². The highest BCUT2D eigenvalue weighted by atomic mass is 35.5. The number of Topliss-reactive ketones (excluding diaryl/α,β-unsaturated/α-hetero) is 1. The predicted molar refractivity (Wildman–Crippen MR) is 108 cm³/mol. The SMILES string of the molecule is CC(C)(O)C(C)(C)NC(=O)c1cc(CC(=O)Cc2cc(Cl)ccc2O)ccn1. The van der Waals surface area contributed by atoms with Crippen molar-refractivity contribution < 1.29 is 19.8 Å². The summed E-state index contributed by atoms with van der Waals surface area (Å²) in [6.07, 6.45) is 1.58. The van der Waals surface area contributed by atoms with Crippen LogP contribution in [0.1, 0.15) is 49.3 Å². The van der Waals surface area contributed by atoms with Crippen molar-refractivity contribution in [3.05, 3.63) is 58.4 Å². The van der Waals surface area contributed by atoms with Crippen molar-refractivity contribution in [2.75, 3.05) is 0 Å². The van der Waals surface area contributed by atoms with E-state index in [1.807, 2.05) is 0 Å². The van der Waals surface area contributed by atoms with Crippen molar-refractivity contribution in [1.82, 2.24) is 10.3 Å². The zero-order valence-electron chi connectivity index (χ0n) is 16.4. The highest BCUT2D eigenvalue weighted by Crippen LogP contribution is 2.23. The van der Waals surface area contributed by atoms with Crippen LogP contribution in [0.15, 0.2) is 36.5 Å². The first-order valence-corrected chi connectivity index (χ1v) is 9.26. The summed E-state index contributed by atoms with van der Waals surface area (Å²) < 4.78 is 0. The van der Waals surface area contributed by atoms with Gasteiger partial charge in [0.15, 0.2) is 0 Å². The molecule has 0 bridgehead atoms. The smallest absolute Gasteiger partial charge is 0.270 e. The quantitative estimate of drug-likeness (QED) is 0.658. The summed E-state index contributed by atoms with van der Waals surface area (Å²) in [6, 6.07) is 7.76. The highest BCUT2D eigenvalue weighted by Gasteiger charge is 2.36. The molecule has 0 spiro atoms. The second kappa shape index (κ2) is 8.29. The predicted octanol–water partition coefficient (Wildman–Crippen LogP) is 3.07. The summed E-state index contributed by atoms with van der Waals surface area (Å²) in [7, 11) is 0. The van der Waals surface area contributed by atoms with Crippen molar-refractivity contribution in [3.8, 4) is 5.75 Å². The van der Waals surface area contributed by atoms with Crippen LogP contribution in [0.5, 0.6) is 5.75 Å². The summed E-state index contributed by atoms with van der Waals surface area (Å²) in [4.78, 5) is 28.9. The van der Waals surface area contributed by atoms with Gasteiger partial charge in [-0.3, -0.25) is 14.6 Å². The number of phenols is 1. The Kier molecular flexibility index (Phi) is 6.47. The van der Waals surface area contributed by atoms with Gasteiger partial charge in [0.25, 0.3) is 5.91 Å². The zero-order valence-corrected chi connectivity index (χ0v) is 17.2. The van der Waals surface area contributed by atoms with Gasteiger partial charge in [-0.2, -0.15) is 0 Å². The highest BCUT2D eigenvalue weighted by molar-refractivity contribution is 6.30. The van der Waals surface area contributed by atoms with E-state index in [1.165, 1.54) is 12.3 Å². The maximum atomic E-state index is 12.5. The number of nitrogens with one attached hydrogen (secondary N) is 1. The molecule has 0 unspecified atom stereocenters. The van der Waals surface area contributed by atoms with Gasteiger partial charge in [0, 0.05) is 29.6 Å². The fraction of sp³-hybridized carbons (Fsp3) is 0.381. The van der Waals surface area contributed by atoms with Crippen molar-refractivity contribution in [1.29, 1.82) is 0 Å². The number of ketones is 1. The van der Waals surface area contributed by atoms with Gasteiger partial charge in [0.05, 0.1) is 11.1 Å². The van der Waals surface area contributed by atoms with Crippen LogP contribution in [-0.4, -0.2) is 38.0 Å². The maximum Gasteiger partial charge on any atom is 0.270 e. The van der Waals surface area contributed by atoms with Gasteiger partial charge in [-0.25, -0.2) is 0 Å². The van der Waals surface area contributed by atoms with Crippen LogP contribution in [0.4, 0.5) is 0 Å². The second-order valence-corrected chi connectivity index (χ2v) is 8.29.